The van der Waals surface area contributed by atoms with Crippen LogP contribution in [-0.2, 0) is 10.2 Å². The Bertz CT molecular complexity index is 441. The van der Waals surface area contributed by atoms with Crippen molar-refractivity contribution in [1.29, 1.82) is 0 Å². The van der Waals surface area contributed by atoms with E-state index in [1.165, 1.54) is 0 Å². The maximum Gasteiger partial charge on any atom is 0.214 e. The van der Waals surface area contributed by atoms with E-state index in [4.69, 9.17) is 0 Å². The van der Waals surface area contributed by atoms with Crippen LogP contribution < -0.4 is 4.90 Å². The predicted octanol–water partition coefficient (Wildman–Crippen LogP) is 1.44. The van der Waals surface area contributed by atoms with Crippen molar-refractivity contribution in [3.8, 4) is 0 Å². The molecule has 5 nitrogen and oxygen atoms in total. The lowest BCUT2D eigenvalue weighted by atomic mass is 9.77. The molecule has 104 valence electrons. The number of nitrogens with zero attached hydrogens (tertiary/aromatic N) is 4. The Hall–Kier alpha value is -1.49. The number of hydrogen-bond acceptors (Lipinski definition) is 4. The van der Waals surface area contributed by atoms with Gasteiger partial charge in [0.15, 0.2) is 0 Å². The van der Waals surface area contributed by atoms with Gasteiger partial charge in [-0.1, -0.05) is 13.8 Å². The normalized spacial score (nSPS) is 20.7. The quantitative estimate of drug-likeness (QED) is 0.719. The zero-order valence-electron chi connectivity index (χ0n) is 12.0. The SMILES string of the molecule is CC.CN1CCC2(CC1)CN(C=O)c1cncnc12. The first kappa shape index (κ1) is 13.9. The van der Waals surface area contributed by atoms with Gasteiger partial charge < -0.3 is 9.80 Å². The number of carbonyl (C=O) groups is 1. The summed E-state index contributed by atoms with van der Waals surface area (Å²) in [6, 6.07) is 0. The van der Waals surface area contributed by atoms with Crippen molar-refractivity contribution >= 4 is 12.1 Å². The van der Waals surface area contributed by atoms with Crippen LogP contribution in [0, 0.1) is 0 Å². The van der Waals surface area contributed by atoms with Crippen molar-refractivity contribution in [1.82, 2.24) is 14.9 Å². The minimum Gasteiger partial charge on any atom is -0.311 e. The highest BCUT2D eigenvalue weighted by molar-refractivity contribution is 5.80. The number of anilines is 1. The van der Waals surface area contributed by atoms with Crippen molar-refractivity contribution in [2.45, 2.75) is 32.1 Å². The molecule has 1 aromatic rings. The van der Waals surface area contributed by atoms with Crippen LogP contribution >= 0.6 is 0 Å². The summed E-state index contributed by atoms with van der Waals surface area (Å²) >= 11 is 0. The third kappa shape index (κ3) is 2.34. The summed E-state index contributed by atoms with van der Waals surface area (Å²) in [6.07, 6.45) is 6.38. The fourth-order valence-corrected chi connectivity index (χ4v) is 2.96. The van der Waals surface area contributed by atoms with Crippen molar-refractivity contribution in [2.75, 3.05) is 31.6 Å². The maximum atomic E-state index is 11.1. The van der Waals surface area contributed by atoms with Gasteiger partial charge in [0.1, 0.15) is 6.33 Å². The molecule has 3 rings (SSSR count). The van der Waals surface area contributed by atoms with Crippen LogP contribution in [-0.4, -0.2) is 48.0 Å². The number of carbonyl (C=O) groups excluding carboxylic acids is 1. The second kappa shape index (κ2) is 5.65. The molecule has 0 N–H and O–H groups in total. The van der Waals surface area contributed by atoms with E-state index in [1.54, 1.807) is 17.4 Å². The average molecular weight is 262 g/mol. The standard InChI is InChI=1S/C12H16N4O.C2H6/c1-15-4-2-12(3-5-15)7-16(9-17)10-6-13-8-14-11(10)12;1-2/h6,8-9H,2-5,7H2,1H3;1-2H3. The number of aromatic nitrogens is 2. The highest BCUT2D eigenvalue weighted by atomic mass is 16.1. The predicted molar refractivity (Wildman–Crippen MR) is 75.2 cm³/mol. The van der Waals surface area contributed by atoms with Gasteiger partial charge in [0, 0.05) is 12.0 Å². The lowest BCUT2D eigenvalue weighted by Gasteiger charge is -2.37. The Morgan fingerprint density at radius 1 is 1.32 bits per heavy atom. The van der Waals surface area contributed by atoms with Crippen LogP contribution in [0.1, 0.15) is 32.4 Å². The summed E-state index contributed by atoms with van der Waals surface area (Å²) in [7, 11) is 2.14. The van der Waals surface area contributed by atoms with Gasteiger partial charge >= 0.3 is 0 Å². The topological polar surface area (TPSA) is 49.3 Å². The van der Waals surface area contributed by atoms with Crippen molar-refractivity contribution in [3.05, 3.63) is 18.2 Å². The molecule has 0 radical (unpaired) electrons. The van der Waals surface area contributed by atoms with Gasteiger partial charge in [0.05, 0.1) is 17.6 Å². The molecule has 0 aromatic carbocycles. The second-order valence-corrected chi connectivity index (χ2v) is 5.07. The van der Waals surface area contributed by atoms with E-state index in [0.29, 0.717) is 0 Å². The number of piperidine rings is 1. The smallest absolute Gasteiger partial charge is 0.214 e. The Morgan fingerprint density at radius 2 is 2.00 bits per heavy atom. The zero-order chi connectivity index (χ0) is 13.9. The van der Waals surface area contributed by atoms with Gasteiger partial charge in [-0.05, 0) is 33.0 Å². The van der Waals surface area contributed by atoms with E-state index in [-0.39, 0.29) is 5.41 Å². The van der Waals surface area contributed by atoms with Gasteiger partial charge in [0.2, 0.25) is 6.41 Å². The molecule has 2 aliphatic heterocycles. The number of fused-ring (bicyclic) bond motifs is 2. The third-order valence-corrected chi connectivity index (χ3v) is 4.05. The summed E-state index contributed by atoms with van der Waals surface area (Å²) in [5.74, 6) is 0. The molecule has 0 atom stereocenters. The number of rotatable bonds is 1. The van der Waals surface area contributed by atoms with Crippen LogP contribution in [0.4, 0.5) is 5.69 Å². The Labute approximate surface area is 114 Å². The van der Waals surface area contributed by atoms with E-state index in [9.17, 15) is 4.79 Å². The van der Waals surface area contributed by atoms with Crippen LogP contribution in [0.2, 0.25) is 0 Å². The molecular formula is C14H22N4O. The average Bonchev–Trinajstić information content (AvgIpc) is 2.79. The molecule has 0 aliphatic carbocycles. The number of amides is 1. The van der Waals surface area contributed by atoms with E-state index >= 15 is 0 Å². The van der Waals surface area contributed by atoms with Crippen LogP contribution in [0.3, 0.4) is 0 Å². The van der Waals surface area contributed by atoms with Crippen LogP contribution in [0.5, 0.6) is 0 Å². The molecule has 1 saturated heterocycles. The molecule has 0 saturated carbocycles. The molecule has 2 aliphatic rings. The number of likely N-dealkylation sites (tertiary alicyclic amines) is 1. The van der Waals surface area contributed by atoms with Gasteiger partial charge in [-0.3, -0.25) is 4.79 Å². The molecule has 1 fully saturated rings. The molecule has 5 heteroatoms. The van der Waals surface area contributed by atoms with Crippen LogP contribution in [0.15, 0.2) is 12.5 Å². The first-order chi connectivity index (χ1) is 9.25. The molecule has 3 heterocycles. The fourth-order valence-electron chi connectivity index (χ4n) is 2.96. The fraction of sp³-hybridized carbons (Fsp3) is 0.643. The lowest BCUT2D eigenvalue weighted by Crippen LogP contribution is -2.43. The second-order valence-electron chi connectivity index (χ2n) is 5.07. The van der Waals surface area contributed by atoms with Crippen LogP contribution in [0.25, 0.3) is 0 Å². The molecule has 1 aromatic heterocycles. The lowest BCUT2D eigenvalue weighted by molar-refractivity contribution is -0.107. The zero-order valence-corrected chi connectivity index (χ0v) is 12.0. The largest absolute Gasteiger partial charge is 0.311 e. The van der Waals surface area contributed by atoms with Gasteiger partial charge in [-0.25, -0.2) is 9.97 Å². The van der Waals surface area contributed by atoms with Gasteiger partial charge in [-0.2, -0.15) is 0 Å². The monoisotopic (exact) mass is 262 g/mol. The molecular weight excluding hydrogens is 240 g/mol. The van der Waals surface area contributed by atoms with E-state index < -0.39 is 0 Å². The Morgan fingerprint density at radius 3 is 2.63 bits per heavy atom. The molecule has 0 bridgehead atoms. The van der Waals surface area contributed by atoms with Crippen molar-refractivity contribution < 1.29 is 4.79 Å². The first-order valence-electron chi connectivity index (χ1n) is 6.96. The summed E-state index contributed by atoms with van der Waals surface area (Å²) in [5, 5.41) is 0. The number of hydrogen-bond donors (Lipinski definition) is 0. The first-order valence-corrected chi connectivity index (χ1v) is 6.96. The Kier molecular flexibility index (Phi) is 4.14. The summed E-state index contributed by atoms with van der Waals surface area (Å²) in [6.45, 7) is 6.89. The van der Waals surface area contributed by atoms with E-state index in [2.05, 4.69) is 21.9 Å². The van der Waals surface area contributed by atoms with E-state index in [1.807, 2.05) is 13.8 Å². The summed E-state index contributed by atoms with van der Waals surface area (Å²) in [4.78, 5) is 23.7. The molecule has 1 spiro atoms. The van der Waals surface area contributed by atoms with E-state index in [0.717, 1.165) is 50.3 Å². The highest BCUT2D eigenvalue weighted by Gasteiger charge is 2.45. The summed E-state index contributed by atoms with van der Waals surface area (Å²) in [5.41, 5.74) is 2.02. The Balaban J connectivity index is 0.000000637. The van der Waals surface area contributed by atoms with Gasteiger partial charge in [0.25, 0.3) is 0 Å². The van der Waals surface area contributed by atoms with Gasteiger partial charge in [-0.15, -0.1) is 0 Å². The minimum absolute atomic E-state index is 0.0612. The third-order valence-electron chi connectivity index (χ3n) is 4.05. The minimum atomic E-state index is 0.0612. The molecule has 1 amide bonds. The maximum absolute atomic E-state index is 11.1. The van der Waals surface area contributed by atoms with Crippen molar-refractivity contribution in [3.63, 3.8) is 0 Å². The highest BCUT2D eigenvalue weighted by Crippen LogP contribution is 2.44. The molecule has 0 unspecified atom stereocenters. The molecule has 19 heavy (non-hydrogen) atoms. The van der Waals surface area contributed by atoms with Crippen molar-refractivity contribution in [2.24, 2.45) is 0 Å². The summed E-state index contributed by atoms with van der Waals surface area (Å²) < 4.78 is 0.